The lowest BCUT2D eigenvalue weighted by atomic mass is 9.97. The zero-order valence-corrected chi connectivity index (χ0v) is 15.3. The molecular weight excluding hydrogens is 380 g/mol. The molecule has 0 spiro atoms. The molecule has 0 bridgehead atoms. The number of halogens is 1. The number of aromatic nitrogens is 1. The molecule has 0 saturated heterocycles. The molecule has 0 aliphatic rings. The highest BCUT2D eigenvalue weighted by Crippen LogP contribution is 2.37. The smallest absolute Gasteiger partial charge is 0.270 e. The van der Waals surface area contributed by atoms with Crippen LogP contribution >= 0.6 is 12.4 Å². The third-order valence-corrected chi connectivity index (χ3v) is 4.35. The van der Waals surface area contributed by atoms with Crippen molar-refractivity contribution in [2.45, 2.75) is 0 Å². The quantitative estimate of drug-likeness (QED) is 0.362. The molecule has 7 heteroatoms. The van der Waals surface area contributed by atoms with E-state index in [1.54, 1.807) is 18.2 Å². The van der Waals surface area contributed by atoms with Crippen molar-refractivity contribution in [2.24, 2.45) is 0 Å². The van der Waals surface area contributed by atoms with E-state index in [2.05, 4.69) is 4.98 Å². The highest BCUT2D eigenvalue weighted by molar-refractivity contribution is 5.98. The van der Waals surface area contributed by atoms with Crippen molar-refractivity contribution >= 4 is 29.0 Å². The Morgan fingerprint density at radius 1 is 0.857 bits per heavy atom. The van der Waals surface area contributed by atoms with Crippen molar-refractivity contribution in [1.29, 1.82) is 0 Å². The molecule has 6 nitrogen and oxygen atoms in total. The van der Waals surface area contributed by atoms with Gasteiger partial charge in [0.05, 0.1) is 16.1 Å². The van der Waals surface area contributed by atoms with Gasteiger partial charge in [0.25, 0.3) is 5.69 Å². The number of phenols is 2. The topological polar surface area (TPSA) is 96.5 Å². The van der Waals surface area contributed by atoms with Gasteiger partial charge < -0.3 is 10.2 Å². The Hall–Kier alpha value is -3.64. The normalized spacial score (nSPS) is 10.4. The van der Waals surface area contributed by atoms with Crippen molar-refractivity contribution in [3.8, 4) is 33.9 Å². The first-order chi connectivity index (χ1) is 13.0. The first-order valence-corrected chi connectivity index (χ1v) is 8.20. The third-order valence-electron chi connectivity index (χ3n) is 4.35. The Balaban J connectivity index is 0.00000225. The van der Waals surface area contributed by atoms with E-state index >= 15 is 0 Å². The van der Waals surface area contributed by atoms with Crippen LogP contribution in [0.3, 0.4) is 0 Å². The van der Waals surface area contributed by atoms with Crippen LogP contribution in [0.1, 0.15) is 0 Å². The van der Waals surface area contributed by atoms with Crippen molar-refractivity contribution in [3.63, 3.8) is 0 Å². The summed E-state index contributed by atoms with van der Waals surface area (Å²) in [6, 6.07) is 20.1. The van der Waals surface area contributed by atoms with Crippen LogP contribution in [-0.4, -0.2) is 20.1 Å². The van der Waals surface area contributed by atoms with Gasteiger partial charge in [0.1, 0.15) is 11.5 Å². The molecule has 4 rings (SSSR count). The number of nitro groups is 1. The van der Waals surface area contributed by atoms with E-state index in [4.69, 9.17) is 0 Å². The number of fused-ring (bicyclic) bond motifs is 1. The fourth-order valence-corrected chi connectivity index (χ4v) is 3.06. The number of nitro benzene ring substituents is 1. The molecule has 140 valence electrons. The van der Waals surface area contributed by atoms with E-state index in [-0.39, 0.29) is 29.6 Å². The summed E-state index contributed by atoms with van der Waals surface area (Å²) < 4.78 is 0. The summed E-state index contributed by atoms with van der Waals surface area (Å²) in [5, 5.41) is 31.6. The molecule has 0 fully saturated rings. The number of nitrogens with zero attached hydrogens (tertiary/aromatic N) is 2. The van der Waals surface area contributed by atoms with Crippen molar-refractivity contribution in [1.82, 2.24) is 4.98 Å². The Morgan fingerprint density at radius 2 is 1.61 bits per heavy atom. The second kappa shape index (κ2) is 7.54. The lowest BCUT2D eigenvalue weighted by molar-refractivity contribution is -0.384. The summed E-state index contributed by atoms with van der Waals surface area (Å²) >= 11 is 0. The van der Waals surface area contributed by atoms with Crippen LogP contribution in [0.4, 0.5) is 5.69 Å². The zero-order chi connectivity index (χ0) is 19.0. The molecule has 0 radical (unpaired) electrons. The van der Waals surface area contributed by atoms with E-state index in [0.717, 1.165) is 11.1 Å². The summed E-state index contributed by atoms with van der Waals surface area (Å²) in [6.07, 6.45) is 0. The Bertz CT molecular complexity index is 1180. The first-order valence-electron chi connectivity index (χ1n) is 8.20. The van der Waals surface area contributed by atoms with Crippen LogP contribution < -0.4 is 0 Å². The minimum absolute atomic E-state index is 0. The first kappa shape index (κ1) is 19.1. The van der Waals surface area contributed by atoms with Gasteiger partial charge in [-0.2, -0.15) is 0 Å². The lowest BCUT2D eigenvalue weighted by Gasteiger charge is -2.11. The molecule has 2 N–H and O–H groups in total. The average molecular weight is 395 g/mol. The monoisotopic (exact) mass is 394 g/mol. The van der Waals surface area contributed by atoms with E-state index in [9.17, 15) is 20.3 Å². The number of pyridine rings is 1. The summed E-state index contributed by atoms with van der Waals surface area (Å²) in [5.74, 6) is -0.140. The molecule has 0 aliphatic carbocycles. The van der Waals surface area contributed by atoms with E-state index in [1.807, 2.05) is 30.3 Å². The van der Waals surface area contributed by atoms with Gasteiger partial charge in [-0.3, -0.25) is 10.1 Å². The van der Waals surface area contributed by atoms with Crippen LogP contribution in [0.2, 0.25) is 0 Å². The molecule has 0 saturated carbocycles. The zero-order valence-electron chi connectivity index (χ0n) is 14.4. The van der Waals surface area contributed by atoms with Gasteiger partial charge >= 0.3 is 0 Å². The van der Waals surface area contributed by atoms with Crippen LogP contribution in [0, 0.1) is 10.1 Å². The molecule has 0 atom stereocenters. The Kier molecular flexibility index (Phi) is 5.15. The predicted octanol–water partition coefficient (Wildman–Crippen LogP) is 5.31. The Morgan fingerprint density at radius 3 is 2.29 bits per heavy atom. The molecule has 0 amide bonds. The maximum absolute atomic E-state index is 11.2. The van der Waals surface area contributed by atoms with Gasteiger partial charge in [-0.15, -0.1) is 12.4 Å². The van der Waals surface area contributed by atoms with Gasteiger partial charge in [-0.25, -0.2) is 4.98 Å². The summed E-state index contributed by atoms with van der Waals surface area (Å²) in [6.45, 7) is 0. The number of hydrogen-bond donors (Lipinski definition) is 2. The van der Waals surface area contributed by atoms with Crippen molar-refractivity contribution in [3.05, 3.63) is 82.9 Å². The lowest BCUT2D eigenvalue weighted by Crippen LogP contribution is -1.93. The largest absolute Gasteiger partial charge is 0.508 e. The van der Waals surface area contributed by atoms with E-state index in [1.165, 1.54) is 24.3 Å². The fourth-order valence-electron chi connectivity index (χ4n) is 3.06. The van der Waals surface area contributed by atoms with Gasteiger partial charge in [0, 0.05) is 29.1 Å². The summed E-state index contributed by atoms with van der Waals surface area (Å²) in [4.78, 5) is 15.3. The van der Waals surface area contributed by atoms with E-state index < -0.39 is 4.92 Å². The number of phenolic OH excluding ortho intramolecular Hbond substituents is 2. The van der Waals surface area contributed by atoms with Crippen molar-refractivity contribution < 1.29 is 15.1 Å². The minimum atomic E-state index is -0.437. The van der Waals surface area contributed by atoms with Crippen LogP contribution in [0.25, 0.3) is 33.3 Å². The summed E-state index contributed by atoms with van der Waals surface area (Å²) in [7, 11) is 0. The SMILES string of the molecule is Cl.O=[N+]([O-])c1ccc2nc(-c3ccc(O)cc3O)cc(-c3ccccc3)c2c1. The maximum Gasteiger partial charge on any atom is 0.270 e. The highest BCUT2D eigenvalue weighted by Gasteiger charge is 2.15. The molecule has 0 unspecified atom stereocenters. The molecule has 1 heterocycles. The third kappa shape index (κ3) is 3.45. The van der Waals surface area contributed by atoms with E-state index in [0.29, 0.717) is 22.2 Å². The maximum atomic E-state index is 11.2. The van der Waals surface area contributed by atoms with Gasteiger partial charge in [-0.05, 0) is 35.4 Å². The predicted molar refractivity (Wildman–Crippen MR) is 110 cm³/mol. The number of aromatic hydroxyl groups is 2. The van der Waals surface area contributed by atoms with Gasteiger partial charge in [0.15, 0.2) is 0 Å². The minimum Gasteiger partial charge on any atom is -0.508 e. The standard InChI is InChI=1S/C21H14N2O4.ClH/c24-15-7-8-16(21(25)11-15)20-12-17(13-4-2-1-3-5-13)18-10-14(23(26)27)6-9-19(18)22-20;/h1-12,24-25H;1H. The van der Waals surface area contributed by atoms with Crippen LogP contribution in [-0.2, 0) is 0 Å². The van der Waals surface area contributed by atoms with Gasteiger partial charge in [0.2, 0.25) is 0 Å². The fraction of sp³-hybridized carbons (Fsp3) is 0. The molecular formula is C21H15ClN2O4. The second-order valence-electron chi connectivity index (χ2n) is 6.08. The van der Waals surface area contributed by atoms with Gasteiger partial charge in [-0.1, -0.05) is 30.3 Å². The molecule has 4 aromatic rings. The number of hydrogen-bond acceptors (Lipinski definition) is 5. The molecule has 1 aromatic heterocycles. The Labute approximate surface area is 166 Å². The highest BCUT2D eigenvalue weighted by atomic mass is 35.5. The number of non-ortho nitro benzene ring substituents is 1. The second-order valence-corrected chi connectivity index (χ2v) is 6.08. The molecule has 3 aromatic carbocycles. The van der Waals surface area contributed by atoms with Crippen molar-refractivity contribution in [2.75, 3.05) is 0 Å². The van der Waals surface area contributed by atoms with Crippen LogP contribution in [0.5, 0.6) is 11.5 Å². The summed E-state index contributed by atoms with van der Waals surface area (Å²) in [5.41, 5.74) is 3.18. The number of benzene rings is 3. The molecule has 0 aliphatic heterocycles. The van der Waals surface area contributed by atoms with Crippen LogP contribution in [0.15, 0.2) is 72.8 Å². The molecule has 28 heavy (non-hydrogen) atoms. The number of rotatable bonds is 3. The average Bonchev–Trinajstić information content (AvgIpc) is 2.67.